The summed E-state index contributed by atoms with van der Waals surface area (Å²) in [6, 6.07) is 7.88. The van der Waals surface area contributed by atoms with Gasteiger partial charge in [0.1, 0.15) is 0 Å². The van der Waals surface area contributed by atoms with Crippen LogP contribution in [0.3, 0.4) is 0 Å². The minimum absolute atomic E-state index is 0.0129. The second-order valence-corrected chi connectivity index (χ2v) is 5.40. The molecule has 1 N–H and O–H groups in total. The largest absolute Gasteiger partial charge is 0.355 e. The standard InChI is InChI=1S/C15H20N2O2/c1-4-17(12-7-5-6-11(2)8-12)14(19)15(3)9-13(18)16-10-15/h5-8H,4,9-10H2,1-3H3,(H,16,18). The smallest absolute Gasteiger partial charge is 0.235 e. The molecular weight excluding hydrogens is 240 g/mol. The molecule has 1 aromatic carbocycles. The van der Waals surface area contributed by atoms with Crippen LogP contribution in [0.5, 0.6) is 0 Å². The van der Waals surface area contributed by atoms with E-state index in [4.69, 9.17) is 0 Å². The average molecular weight is 260 g/mol. The number of anilines is 1. The van der Waals surface area contributed by atoms with Crippen LogP contribution in [0, 0.1) is 12.3 Å². The molecule has 0 saturated carbocycles. The SMILES string of the molecule is CCN(C(=O)C1(C)CNC(=O)C1)c1cccc(C)c1. The lowest BCUT2D eigenvalue weighted by Gasteiger charge is -2.30. The molecule has 102 valence electrons. The highest BCUT2D eigenvalue weighted by Gasteiger charge is 2.43. The lowest BCUT2D eigenvalue weighted by molar-refractivity contribution is -0.128. The first-order valence-electron chi connectivity index (χ1n) is 6.61. The van der Waals surface area contributed by atoms with E-state index >= 15 is 0 Å². The highest BCUT2D eigenvalue weighted by molar-refractivity contribution is 6.01. The van der Waals surface area contributed by atoms with Crippen LogP contribution in [0.25, 0.3) is 0 Å². The molecule has 4 nitrogen and oxygen atoms in total. The fourth-order valence-electron chi connectivity index (χ4n) is 2.49. The van der Waals surface area contributed by atoms with Crippen LogP contribution in [0.1, 0.15) is 25.8 Å². The lowest BCUT2D eigenvalue weighted by Crippen LogP contribution is -2.43. The van der Waals surface area contributed by atoms with Crippen molar-refractivity contribution < 1.29 is 9.59 Å². The average Bonchev–Trinajstić information content (AvgIpc) is 2.71. The zero-order valence-electron chi connectivity index (χ0n) is 11.7. The van der Waals surface area contributed by atoms with Crippen LogP contribution in [-0.4, -0.2) is 24.9 Å². The van der Waals surface area contributed by atoms with Crippen molar-refractivity contribution in [3.8, 4) is 0 Å². The summed E-state index contributed by atoms with van der Waals surface area (Å²) in [6.07, 6.45) is 0.272. The van der Waals surface area contributed by atoms with Crippen LogP contribution < -0.4 is 10.2 Å². The van der Waals surface area contributed by atoms with Crippen LogP contribution in [0.4, 0.5) is 5.69 Å². The maximum atomic E-state index is 12.7. The number of amides is 2. The number of aryl methyl sites for hydroxylation is 1. The van der Waals surface area contributed by atoms with Crippen molar-refractivity contribution in [2.24, 2.45) is 5.41 Å². The molecule has 1 atom stereocenters. The zero-order valence-corrected chi connectivity index (χ0v) is 11.7. The predicted molar refractivity (Wildman–Crippen MR) is 74.9 cm³/mol. The molecule has 2 rings (SSSR count). The van der Waals surface area contributed by atoms with E-state index in [0.717, 1.165) is 11.3 Å². The Hall–Kier alpha value is -1.84. The first-order chi connectivity index (χ1) is 8.96. The fourth-order valence-corrected chi connectivity index (χ4v) is 2.49. The number of benzene rings is 1. The summed E-state index contributed by atoms with van der Waals surface area (Å²) in [5.74, 6) is -0.0323. The van der Waals surface area contributed by atoms with Crippen LogP contribution >= 0.6 is 0 Å². The molecule has 0 radical (unpaired) electrons. The monoisotopic (exact) mass is 260 g/mol. The van der Waals surface area contributed by atoms with Gasteiger partial charge >= 0.3 is 0 Å². The Morgan fingerprint density at radius 2 is 2.21 bits per heavy atom. The van der Waals surface area contributed by atoms with Crippen molar-refractivity contribution in [3.63, 3.8) is 0 Å². The molecule has 2 amide bonds. The van der Waals surface area contributed by atoms with E-state index in [2.05, 4.69) is 5.32 Å². The van der Waals surface area contributed by atoms with Crippen molar-refractivity contribution in [1.82, 2.24) is 5.32 Å². The summed E-state index contributed by atoms with van der Waals surface area (Å²) in [7, 11) is 0. The number of carbonyl (C=O) groups is 2. The van der Waals surface area contributed by atoms with E-state index in [-0.39, 0.29) is 18.2 Å². The fraction of sp³-hybridized carbons (Fsp3) is 0.467. The summed E-state index contributed by atoms with van der Waals surface area (Å²) >= 11 is 0. The second-order valence-electron chi connectivity index (χ2n) is 5.40. The van der Waals surface area contributed by atoms with Crippen molar-refractivity contribution >= 4 is 17.5 Å². The van der Waals surface area contributed by atoms with Gasteiger partial charge in [-0.1, -0.05) is 12.1 Å². The molecule has 4 heteroatoms. The Morgan fingerprint density at radius 1 is 1.47 bits per heavy atom. The van der Waals surface area contributed by atoms with Crippen molar-refractivity contribution in [3.05, 3.63) is 29.8 Å². The van der Waals surface area contributed by atoms with Crippen LogP contribution in [-0.2, 0) is 9.59 Å². The van der Waals surface area contributed by atoms with E-state index in [0.29, 0.717) is 13.1 Å². The van der Waals surface area contributed by atoms with E-state index in [1.54, 1.807) is 4.90 Å². The first kappa shape index (κ1) is 13.6. The van der Waals surface area contributed by atoms with Gasteiger partial charge in [-0.05, 0) is 38.5 Å². The highest BCUT2D eigenvalue weighted by Crippen LogP contribution is 2.30. The number of rotatable bonds is 3. The number of hydrogen-bond acceptors (Lipinski definition) is 2. The molecule has 1 saturated heterocycles. The van der Waals surface area contributed by atoms with Gasteiger partial charge < -0.3 is 10.2 Å². The minimum Gasteiger partial charge on any atom is -0.355 e. The van der Waals surface area contributed by atoms with Crippen molar-refractivity contribution in [2.75, 3.05) is 18.0 Å². The molecule has 1 heterocycles. The predicted octanol–water partition coefficient (Wildman–Crippen LogP) is 1.87. The Balaban J connectivity index is 2.27. The third-order valence-corrected chi connectivity index (χ3v) is 3.62. The summed E-state index contributed by atoms with van der Waals surface area (Å²) < 4.78 is 0. The van der Waals surface area contributed by atoms with Gasteiger partial charge in [0.25, 0.3) is 0 Å². The number of carbonyl (C=O) groups excluding carboxylic acids is 2. The Morgan fingerprint density at radius 3 is 2.74 bits per heavy atom. The maximum absolute atomic E-state index is 12.7. The molecule has 0 bridgehead atoms. The van der Waals surface area contributed by atoms with Gasteiger partial charge in [-0.15, -0.1) is 0 Å². The summed E-state index contributed by atoms with van der Waals surface area (Å²) in [6.45, 7) is 6.84. The molecule has 1 aliphatic heterocycles. The third-order valence-electron chi connectivity index (χ3n) is 3.62. The Labute approximate surface area is 113 Å². The van der Waals surface area contributed by atoms with Gasteiger partial charge in [0, 0.05) is 25.2 Å². The van der Waals surface area contributed by atoms with Crippen molar-refractivity contribution in [2.45, 2.75) is 27.2 Å². The van der Waals surface area contributed by atoms with Gasteiger partial charge in [0.05, 0.1) is 5.41 Å². The Bertz CT molecular complexity index is 513. The number of hydrogen-bond donors (Lipinski definition) is 1. The van der Waals surface area contributed by atoms with Gasteiger partial charge in [-0.25, -0.2) is 0 Å². The molecule has 1 unspecified atom stereocenters. The van der Waals surface area contributed by atoms with Gasteiger partial charge in [-0.3, -0.25) is 9.59 Å². The highest BCUT2D eigenvalue weighted by atomic mass is 16.2. The quantitative estimate of drug-likeness (QED) is 0.902. The lowest BCUT2D eigenvalue weighted by atomic mass is 9.87. The third kappa shape index (κ3) is 2.62. The summed E-state index contributed by atoms with van der Waals surface area (Å²) in [5, 5.41) is 2.75. The normalized spacial score (nSPS) is 22.2. The molecule has 1 aliphatic rings. The van der Waals surface area contributed by atoms with Crippen molar-refractivity contribution in [1.29, 1.82) is 0 Å². The van der Waals surface area contributed by atoms with E-state index in [9.17, 15) is 9.59 Å². The summed E-state index contributed by atoms with van der Waals surface area (Å²) in [4.78, 5) is 25.8. The maximum Gasteiger partial charge on any atom is 0.235 e. The van der Waals surface area contributed by atoms with Gasteiger partial charge in [0.2, 0.25) is 11.8 Å². The number of nitrogens with one attached hydrogen (secondary N) is 1. The molecule has 19 heavy (non-hydrogen) atoms. The van der Waals surface area contributed by atoms with Gasteiger partial charge in [-0.2, -0.15) is 0 Å². The first-order valence-corrected chi connectivity index (χ1v) is 6.61. The topological polar surface area (TPSA) is 49.4 Å². The second kappa shape index (κ2) is 5.03. The zero-order chi connectivity index (χ0) is 14.0. The van der Waals surface area contributed by atoms with E-state index < -0.39 is 5.41 Å². The molecular formula is C15H20N2O2. The molecule has 0 aromatic heterocycles. The molecule has 1 fully saturated rings. The van der Waals surface area contributed by atoms with Crippen LogP contribution in [0.15, 0.2) is 24.3 Å². The summed E-state index contributed by atoms with van der Waals surface area (Å²) in [5.41, 5.74) is 1.39. The minimum atomic E-state index is -0.628. The van der Waals surface area contributed by atoms with E-state index in [1.165, 1.54) is 0 Å². The number of nitrogens with zero attached hydrogens (tertiary/aromatic N) is 1. The van der Waals surface area contributed by atoms with Gasteiger partial charge in [0.15, 0.2) is 0 Å². The van der Waals surface area contributed by atoms with E-state index in [1.807, 2.05) is 45.0 Å². The molecule has 0 aliphatic carbocycles. The Kier molecular flexibility index (Phi) is 3.60. The molecule has 0 spiro atoms. The molecule has 1 aromatic rings. The van der Waals surface area contributed by atoms with Crippen LogP contribution in [0.2, 0.25) is 0 Å².